The van der Waals surface area contributed by atoms with Crippen molar-refractivity contribution in [2.75, 3.05) is 32.4 Å². The summed E-state index contributed by atoms with van der Waals surface area (Å²) in [7, 11) is -3.11. The van der Waals surface area contributed by atoms with Crippen LogP contribution in [0.2, 0.25) is 0 Å². The Morgan fingerprint density at radius 3 is 2.12 bits per heavy atom. The van der Waals surface area contributed by atoms with Gasteiger partial charge in [-0.25, -0.2) is 8.42 Å². The van der Waals surface area contributed by atoms with E-state index in [1.54, 1.807) is 4.90 Å². The van der Waals surface area contributed by atoms with Crippen molar-refractivity contribution in [2.45, 2.75) is 20.3 Å². The van der Waals surface area contributed by atoms with Crippen LogP contribution >= 0.6 is 0 Å². The van der Waals surface area contributed by atoms with E-state index in [-0.39, 0.29) is 11.8 Å². The van der Waals surface area contributed by atoms with Crippen LogP contribution in [0.25, 0.3) is 0 Å². The second-order valence-electron chi connectivity index (χ2n) is 4.30. The second-order valence-corrected chi connectivity index (χ2v) is 6.28. The Labute approximate surface area is 97.5 Å². The summed E-state index contributed by atoms with van der Waals surface area (Å²) >= 11 is 0. The summed E-state index contributed by atoms with van der Waals surface area (Å²) in [6.45, 7) is 5.75. The minimum absolute atomic E-state index is 0.0322. The van der Waals surface area contributed by atoms with Gasteiger partial charge in [0.25, 0.3) is 0 Å². The first-order valence-corrected chi connectivity index (χ1v) is 7.45. The molecule has 0 radical (unpaired) electrons. The lowest BCUT2D eigenvalue weighted by Gasteiger charge is -2.34. The van der Waals surface area contributed by atoms with Crippen LogP contribution in [0.3, 0.4) is 0 Å². The van der Waals surface area contributed by atoms with Crippen molar-refractivity contribution in [1.82, 2.24) is 9.21 Å². The molecule has 0 bridgehead atoms. The standard InChI is InChI=1S/C10H20N2O3S/c1-4-9(2)10(13)11-5-7-12(8-6-11)16(3,14)15/h9H,4-8H2,1-3H3. The average Bonchev–Trinajstić information content (AvgIpc) is 2.26. The highest BCUT2D eigenvalue weighted by atomic mass is 32.2. The first kappa shape index (κ1) is 13.4. The van der Waals surface area contributed by atoms with Crippen LogP contribution in [0.4, 0.5) is 0 Å². The van der Waals surface area contributed by atoms with E-state index >= 15 is 0 Å². The van der Waals surface area contributed by atoms with Crippen LogP contribution in [0, 0.1) is 5.92 Å². The largest absolute Gasteiger partial charge is 0.340 e. The van der Waals surface area contributed by atoms with Gasteiger partial charge in [0, 0.05) is 32.1 Å². The Bertz CT molecular complexity index is 345. The molecule has 1 fully saturated rings. The van der Waals surface area contributed by atoms with Gasteiger partial charge in [-0.2, -0.15) is 4.31 Å². The molecule has 5 nitrogen and oxygen atoms in total. The van der Waals surface area contributed by atoms with E-state index in [1.165, 1.54) is 10.6 Å². The number of carbonyl (C=O) groups excluding carboxylic acids is 1. The number of carbonyl (C=O) groups is 1. The van der Waals surface area contributed by atoms with Crippen molar-refractivity contribution in [3.05, 3.63) is 0 Å². The normalized spacial score (nSPS) is 20.8. The zero-order valence-electron chi connectivity index (χ0n) is 10.1. The van der Waals surface area contributed by atoms with Gasteiger partial charge in [0.15, 0.2) is 0 Å². The molecule has 1 heterocycles. The lowest BCUT2D eigenvalue weighted by Crippen LogP contribution is -2.51. The fourth-order valence-electron chi connectivity index (χ4n) is 1.73. The van der Waals surface area contributed by atoms with Crippen molar-refractivity contribution in [3.8, 4) is 0 Å². The Morgan fingerprint density at radius 1 is 1.25 bits per heavy atom. The first-order chi connectivity index (χ1) is 7.36. The van der Waals surface area contributed by atoms with Gasteiger partial charge in [0.2, 0.25) is 15.9 Å². The molecule has 16 heavy (non-hydrogen) atoms. The predicted molar refractivity (Wildman–Crippen MR) is 62.5 cm³/mol. The molecule has 1 aliphatic heterocycles. The zero-order chi connectivity index (χ0) is 12.3. The van der Waals surface area contributed by atoms with E-state index in [0.717, 1.165) is 6.42 Å². The Balaban J connectivity index is 2.53. The van der Waals surface area contributed by atoms with Gasteiger partial charge in [-0.15, -0.1) is 0 Å². The maximum atomic E-state index is 11.8. The molecule has 0 N–H and O–H groups in total. The molecule has 94 valence electrons. The van der Waals surface area contributed by atoms with Crippen molar-refractivity contribution in [1.29, 1.82) is 0 Å². The van der Waals surface area contributed by atoms with Gasteiger partial charge in [-0.1, -0.05) is 13.8 Å². The molecule has 1 atom stereocenters. The number of nitrogens with zero attached hydrogens (tertiary/aromatic N) is 2. The fraction of sp³-hybridized carbons (Fsp3) is 0.900. The molecular weight excluding hydrogens is 228 g/mol. The van der Waals surface area contributed by atoms with Gasteiger partial charge >= 0.3 is 0 Å². The van der Waals surface area contributed by atoms with E-state index in [0.29, 0.717) is 26.2 Å². The molecule has 0 aromatic carbocycles. The second kappa shape index (κ2) is 5.14. The summed E-state index contributed by atoms with van der Waals surface area (Å²) in [5.41, 5.74) is 0. The monoisotopic (exact) mass is 248 g/mol. The van der Waals surface area contributed by atoms with Gasteiger partial charge in [0.1, 0.15) is 0 Å². The highest BCUT2D eigenvalue weighted by Crippen LogP contribution is 2.11. The molecule has 1 unspecified atom stereocenters. The highest BCUT2D eigenvalue weighted by Gasteiger charge is 2.27. The summed E-state index contributed by atoms with van der Waals surface area (Å²) < 4.78 is 24.0. The third-order valence-corrected chi connectivity index (χ3v) is 4.36. The molecule has 0 aliphatic carbocycles. The van der Waals surface area contributed by atoms with Gasteiger partial charge in [-0.3, -0.25) is 4.79 Å². The van der Waals surface area contributed by atoms with E-state index in [2.05, 4.69) is 0 Å². The van der Waals surface area contributed by atoms with Crippen molar-refractivity contribution < 1.29 is 13.2 Å². The molecular formula is C10H20N2O3S. The Kier molecular flexibility index (Phi) is 4.32. The molecule has 0 spiro atoms. The summed E-state index contributed by atoms with van der Waals surface area (Å²) in [5.74, 6) is 0.167. The Hall–Kier alpha value is -0.620. The van der Waals surface area contributed by atoms with Gasteiger partial charge in [-0.05, 0) is 6.42 Å². The lowest BCUT2D eigenvalue weighted by molar-refractivity contribution is -0.136. The zero-order valence-corrected chi connectivity index (χ0v) is 11.0. The topological polar surface area (TPSA) is 57.7 Å². The van der Waals surface area contributed by atoms with E-state index in [1.807, 2.05) is 13.8 Å². The maximum Gasteiger partial charge on any atom is 0.225 e. The lowest BCUT2D eigenvalue weighted by atomic mass is 10.1. The number of sulfonamides is 1. The number of piperazine rings is 1. The molecule has 1 amide bonds. The molecule has 1 aliphatic rings. The summed E-state index contributed by atoms with van der Waals surface area (Å²) in [5, 5.41) is 0. The van der Waals surface area contributed by atoms with Crippen molar-refractivity contribution >= 4 is 15.9 Å². The maximum absolute atomic E-state index is 11.8. The molecule has 6 heteroatoms. The predicted octanol–water partition coefficient (Wildman–Crippen LogP) is 0.136. The van der Waals surface area contributed by atoms with Crippen LogP contribution < -0.4 is 0 Å². The molecule has 0 aromatic rings. The van der Waals surface area contributed by atoms with E-state index in [4.69, 9.17) is 0 Å². The summed E-state index contributed by atoms with van der Waals surface area (Å²) in [6.07, 6.45) is 2.03. The van der Waals surface area contributed by atoms with Crippen molar-refractivity contribution in [2.24, 2.45) is 5.92 Å². The molecule has 1 saturated heterocycles. The highest BCUT2D eigenvalue weighted by molar-refractivity contribution is 7.88. The van der Waals surface area contributed by atoms with E-state index in [9.17, 15) is 13.2 Å². The van der Waals surface area contributed by atoms with E-state index < -0.39 is 10.0 Å². The Morgan fingerprint density at radius 2 is 1.75 bits per heavy atom. The van der Waals surface area contributed by atoms with Crippen LogP contribution in [0.5, 0.6) is 0 Å². The molecule has 1 rings (SSSR count). The molecule has 0 saturated carbocycles. The average molecular weight is 248 g/mol. The molecule has 0 aromatic heterocycles. The SMILES string of the molecule is CCC(C)C(=O)N1CCN(S(C)(=O)=O)CC1. The number of amides is 1. The van der Waals surface area contributed by atoms with Gasteiger partial charge < -0.3 is 4.90 Å². The first-order valence-electron chi connectivity index (χ1n) is 5.60. The minimum atomic E-state index is -3.11. The fourth-order valence-corrected chi connectivity index (χ4v) is 2.55. The van der Waals surface area contributed by atoms with Crippen LogP contribution in [0.1, 0.15) is 20.3 Å². The smallest absolute Gasteiger partial charge is 0.225 e. The van der Waals surface area contributed by atoms with Crippen LogP contribution in [-0.2, 0) is 14.8 Å². The number of rotatable bonds is 3. The van der Waals surface area contributed by atoms with Crippen LogP contribution in [0.15, 0.2) is 0 Å². The third kappa shape index (κ3) is 3.18. The summed E-state index contributed by atoms with van der Waals surface area (Å²) in [4.78, 5) is 13.6. The number of hydrogen-bond donors (Lipinski definition) is 0. The quantitative estimate of drug-likeness (QED) is 0.713. The summed E-state index contributed by atoms with van der Waals surface area (Å²) in [6, 6.07) is 0. The van der Waals surface area contributed by atoms with Gasteiger partial charge in [0.05, 0.1) is 6.26 Å². The van der Waals surface area contributed by atoms with Crippen molar-refractivity contribution in [3.63, 3.8) is 0 Å². The third-order valence-electron chi connectivity index (χ3n) is 3.05. The number of hydrogen-bond acceptors (Lipinski definition) is 3. The van der Waals surface area contributed by atoms with Crippen LogP contribution in [-0.4, -0.2) is 56.0 Å². The minimum Gasteiger partial charge on any atom is -0.340 e.